The Morgan fingerprint density at radius 3 is 3.00 bits per heavy atom. The Morgan fingerprint density at radius 2 is 2.18 bits per heavy atom. The summed E-state index contributed by atoms with van der Waals surface area (Å²) in [5.74, 6) is -0.0306. The van der Waals surface area contributed by atoms with Crippen molar-refractivity contribution in [2.24, 2.45) is 0 Å². The van der Waals surface area contributed by atoms with Crippen molar-refractivity contribution in [2.75, 3.05) is 6.61 Å². The molecule has 116 valence electrons. The average molecular weight is 299 g/mol. The monoisotopic (exact) mass is 299 g/mol. The van der Waals surface area contributed by atoms with Gasteiger partial charge in [-0.25, -0.2) is 4.98 Å². The van der Waals surface area contributed by atoms with Crippen LogP contribution in [0.4, 0.5) is 0 Å². The van der Waals surface area contributed by atoms with E-state index >= 15 is 0 Å². The smallest absolute Gasteiger partial charge is 0.253 e. The van der Waals surface area contributed by atoms with Gasteiger partial charge in [0.25, 0.3) is 5.91 Å². The first-order chi connectivity index (χ1) is 10.6. The van der Waals surface area contributed by atoms with Crippen molar-refractivity contribution in [3.05, 3.63) is 35.8 Å². The second kappa shape index (κ2) is 5.09. The SMILES string of the molecule is Cc1cn2cc(C(=O)N[C@@H]3COC4(CCCC4)C3)ccc2n1. The highest BCUT2D eigenvalue weighted by Crippen LogP contribution is 2.40. The quantitative estimate of drug-likeness (QED) is 0.927. The maximum absolute atomic E-state index is 12.5. The van der Waals surface area contributed by atoms with Crippen LogP contribution in [0.3, 0.4) is 0 Å². The van der Waals surface area contributed by atoms with Gasteiger partial charge in [0.15, 0.2) is 0 Å². The molecule has 0 unspecified atom stereocenters. The van der Waals surface area contributed by atoms with Crippen LogP contribution in [0.15, 0.2) is 24.5 Å². The van der Waals surface area contributed by atoms with Crippen LogP contribution < -0.4 is 5.32 Å². The van der Waals surface area contributed by atoms with Gasteiger partial charge in [-0.05, 0) is 38.3 Å². The van der Waals surface area contributed by atoms with Crippen LogP contribution in [-0.4, -0.2) is 33.5 Å². The Bertz CT molecular complexity index is 716. The Kier molecular flexibility index (Phi) is 3.18. The van der Waals surface area contributed by atoms with Crippen molar-refractivity contribution < 1.29 is 9.53 Å². The number of imidazole rings is 1. The number of carbonyl (C=O) groups is 1. The predicted octanol–water partition coefficient (Wildman–Crippen LogP) is 2.47. The molecule has 1 atom stereocenters. The van der Waals surface area contributed by atoms with E-state index in [-0.39, 0.29) is 17.6 Å². The first-order valence-corrected chi connectivity index (χ1v) is 8.04. The molecule has 22 heavy (non-hydrogen) atoms. The molecular weight excluding hydrogens is 278 g/mol. The molecule has 3 heterocycles. The van der Waals surface area contributed by atoms with Gasteiger partial charge in [0.2, 0.25) is 0 Å². The number of hydrogen-bond donors (Lipinski definition) is 1. The summed E-state index contributed by atoms with van der Waals surface area (Å²) < 4.78 is 7.89. The molecule has 5 nitrogen and oxygen atoms in total. The third-order valence-corrected chi connectivity index (χ3v) is 4.89. The summed E-state index contributed by atoms with van der Waals surface area (Å²) in [5.41, 5.74) is 2.52. The van der Waals surface area contributed by atoms with E-state index in [0.717, 1.165) is 30.6 Å². The number of amides is 1. The first-order valence-electron chi connectivity index (χ1n) is 8.04. The van der Waals surface area contributed by atoms with Crippen LogP contribution in [0.2, 0.25) is 0 Å². The molecule has 1 amide bonds. The number of rotatable bonds is 2. The molecule has 5 heteroatoms. The molecule has 0 radical (unpaired) electrons. The number of pyridine rings is 1. The van der Waals surface area contributed by atoms with Gasteiger partial charge in [0.05, 0.1) is 29.5 Å². The standard InChI is InChI=1S/C17H21N3O2/c1-12-9-20-10-13(4-5-15(20)18-12)16(21)19-14-8-17(22-11-14)6-2-3-7-17/h4-5,9-10,14H,2-3,6-8,11H2,1H3,(H,19,21)/t14-/m0/s1. The number of hydrogen-bond acceptors (Lipinski definition) is 3. The minimum Gasteiger partial charge on any atom is -0.373 e. The zero-order valence-corrected chi connectivity index (χ0v) is 12.8. The zero-order chi connectivity index (χ0) is 15.2. The molecule has 2 aromatic heterocycles. The van der Waals surface area contributed by atoms with E-state index < -0.39 is 0 Å². The van der Waals surface area contributed by atoms with Crippen molar-refractivity contribution in [3.8, 4) is 0 Å². The van der Waals surface area contributed by atoms with E-state index in [4.69, 9.17) is 4.74 Å². The van der Waals surface area contributed by atoms with E-state index in [0.29, 0.717) is 12.2 Å². The van der Waals surface area contributed by atoms with Gasteiger partial charge in [-0.1, -0.05) is 12.8 Å². The lowest BCUT2D eigenvalue weighted by Crippen LogP contribution is -2.36. The van der Waals surface area contributed by atoms with Gasteiger partial charge in [-0.2, -0.15) is 0 Å². The molecule has 2 fully saturated rings. The minimum atomic E-state index is -0.0306. The van der Waals surface area contributed by atoms with Crippen molar-refractivity contribution in [2.45, 2.75) is 50.7 Å². The Balaban J connectivity index is 1.47. The number of fused-ring (bicyclic) bond motifs is 1. The Hall–Kier alpha value is -1.88. The van der Waals surface area contributed by atoms with E-state index in [9.17, 15) is 4.79 Å². The van der Waals surface area contributed by atoms with Gasteiger partial charge < -0.3 is 14.5 Å². The summed E-state index contributed by atoms with van der Waals surface area (Å²) in [5, 5.41) is 3.12. The van der Waals surface area contributed by atoms with Crippen LogP contribution >= 0.6 is 0 Å². The highest BCUT2D eigenvalue weighted by atomic mass is 16.5. The van der Waals surface area contributed by atoms with Crippen molar-refractivity contribution in [1.29, 1.82) is 0 Å². The van der Waals surface area contributed by atoms with Crippen molar-refractivity contribution in [1.82, 2.24) is 14.7 Å². The molecule has 1 aliphatic heterocycles. The average Bonchev–Trinajstić information content (AvgIpc) is 3.19. The van der Waals surface area contributed by atoms with Crippen molar-refractivity contribution in [3.63, 3.8) is 0 Å². The van der Waals surface area contributed by atoms with E-state index in [1.807, 2.05) is 35.9 Å². The van der Waals surface area contributed by atoms with Crippen LogP contribution in [0.1, 0.15) is 48.2 Å². The second-order valence-corrected chi connectivity index (χ2v) is 6.64. The summed E-state index contributed by atoms with van der Waals surface area (Å²) in [6, 6.07) is 3.84. The molecule has 0 bridgehead atoms. The lowest BCUT2D eigenvalue weighted by Gasteiger charge is -2.21. The third kappa shape index (κ3) is 2.39. The minimum absolute atomic E-state index is 0.0306. The fourth-order valence-electron chi connectivity index (χ4n) is 3.83. The van der Waals surface area contributed by atoms with Crippen LogP contribution in [0.5, 0.6) is 0 Å². The highest BCUT2D eigenvalue weighted by molar-refractivity contribution is 5.94. The summed E-state index contributed by atoms with van der Waals surface area (Å²) in [6.45, 7) is 2.59. The predicted molar refractivity (Wildman–Crippen MR) is 83.0 cm³/mol. The van der Waals surface area contributed by atoms with Gasteiger partial charge in [0.1, 0.15) is 5.65 Å². The molecular formula is C17H21N3O2. The zero-order valence-electron chi connectivity index (χ0n) is 12.8. The van der Waals surface area contributed by atoms with E-state index in [1.54, 1.807) is 0 Å². The molecule has 1 spiro atoms. The molecule has 1 aliphatic carbocycles. The number of carbonyl (C=O) groups excluding carboxylic acids is 1. The highest BCUT2D eigenvalue weighted by Gasteiger charge is 2.42. The third-order valence-electron chi connectivity index (χ3n) is 4.89. The maximum Gasteiger partial charge on any atom is 0.253 e. The number of nitrogens with one attached hydrogen (secondary N) is 1. The van der Waals surface area contributed by atoms with E-state index in [1.165, 1.54) is 12.8 Å². The fraction of sp³-hybridized carbons (Fsp3) is 0.529. The molecule has 4 rings (SSSR count). The molecule has 1 saturated carbocycles. The Morgan fingerprint density at radius 1 is 1.36 bits per heavy atom. The number of aryl methyl sites for hydroxylation is 1. The van der Waals surface area contributed by atoms with Gasteiger partial charge in [-0.15, -0.1) is 0 Å². The molecule has 1 N–H and O–H groups in total. The van der Waals surface area contributed by atoms with Gasteiger partial charge in [0, 0.05) is 12.4 Å². The Labute approximate surface area is 129 Å². The lowest BCUT2D eigenvalue weighted by molar-refractivity contribution is 0.00988. The number of ether oxygens (including phenoxy) is 1. The molecule has 2 aliphatic rings. The van der Waals surface area contributed by atoms with Crippen molar-refractivity contribution >= 4 is 11.6 Å². The first kappa shape index (κ1) is 13.8. The van der Waals surface area contributed by atoms with Gasteiger partial charge >= 0.3 is 0 Å². The molecule has 1 saturated heterocycles. The summed E-state index contributed by atoms with van der Waals surface area (Å²) in [4.78, 5) is 16.8. The van der Waals surface area contributed by atoms with Gasteiger partial charge in [-0.3, -0.25) is 4.79 Å². The normalized spacial score (nSPS) is 23.4. The summed E-state index contributed by atoms with van der Waals surface area (Å²) >= 11 is 0. The summed E-state index contributed by atoms with van der Waals surface area (Å²) in [7, 11) is 0. The van der Waals surface area contributed by atoms with E-state index in [2.05, 4.69) is 10.3 Å². The maximum atomic E-state index is 12.5. The molecule has 0 aromatic carbocycles. The fourth-order valence-corrected chi connectivity index (χ4v) is 3.83. The van der Waals surface area contributed by atoms with Crippen LogP contribution in [0.25, 0.3) is 5.65 Å². The summed E-state index contributed by atoms with van der Waals surface area (Å²) in [6.07, 6.45) is 9.49. The largest absolute Gasteiger partial charge is 0.373 e. The molecule has 2 aromatic rings. The number of nitrogens with zero attached hydrogens (tertiary/aromatic N) is 2. The lowest BCUT2D eigenvalue weighted by atomic mass is 9.96. The second-order valence-electron chi connectivity index (χ2n) is 6.64. The van der Waals surface area contributed by atoms with Crippen LogP contribution in [-0.2, 0) is 4.74 Å². The topological polar surface area (TPSA) is 55.6 Å². The van der Waals surface area contributed by atoms with Crippen LogP contribution in [0, 0.1) is 6.92 Å². The number of aromatic nitrogens is 2.